The van der Waals surface area contributed by atoms with Crippen LogP contribution >= 0.6 is 0 Å². The van der Waals surface area contributed by atoms with Crippen LogP contribution in [-0.2, 0) is 4.74 Å². The molecule has 0 aromatic rings. The van der Waals surface area contributed by atoms with Crippen LogP contribution in [0.25, 0.3) is 0 Å². The van der Waals surface area contributed by atoms with Crippen LogP contribution in [0.4, 0.5) is 0 Å². The monoisotopic (exact) mass is 193 g/mol. The first-order valence-electron chi connectivity index (χ1n) is 4.12. The molecule has 0 aromatic heterocycles. The summed E-state index contributed by atoms with van der Waals surface area (Å²) in [7, 11) is 0. The first kappa shape index (κ1) is 10.8. The van der Waals surface area contributed by atoms with Crippen molar-refractivity contribution in [2.75, 3.05) is 13.2 Å². The summed E-state index contributed by atoms with van der Waals surface area (Å²) in [4.78, 5) is 0. The Kier molecular flexibility index (Phi) is 3.60. The second kappa shape index (κ2) is 4.32. The normalized spacial score (nSPS) is 46.4. The highest BCUT2D eigenvalue weighted by Crippen LogP contribution is 2.20. The standard InChI is InChI=1S/C7H15NO5/c8-1-3-5(10)7(12)6(11)4(2-9)13-3/h3-7,9-12H,1-2,8H2/t3-,4+,5-,6+,7+/m1/s1. The minimum absolute atomic E-state index is 0.0292. The average Bonchev–Trinajstić information content (AvgIpc) is 2.15. The lowest BCUT2D eigenvalue weighted by atomic mass is 9.95. The van der Waals surface area contributed by atoms with Gasteiger partial charge in [-0.15, -0.1) is 0 Å². The minimum Gasteiger partial charge on any atom is -0.394 e. The molecule has 0 radical (unpaired) electrons. The minimum atomic E-state index is -1.32. The average molecular weight is 193 g/mol. The molecule has 0 aromatic carbocycles. The SMILES string of the molecule is NC[C@H]1O[C@@H](CO)[C@H](O)[C@@H](O)[C@@H]1O. The van der Waals surface area contributed by atoms with Crippen molar-refractivity contribution in [1.82, 2.24) is 0 Å². The van der Waals surface area contributed by atoms with Crippen molar-refractivity contribution in [3.63, 3.8) is 0 Å². The third-order valence-corrected chi connectivity index (χ3v) is 2.22. The molecule has 1 aliphatic rings. The van der Waals surface area contributed by atoms with Gasteiger partial charge in [-0.25, -0.2) is 0 Å². The van der Waals surface area contributed by atoms with E-state index in [1.165, 1.54) is 0 Å². The molecule has 0 saturated carbocycles. The first-order valence-corrected chi connectivity index (χ1v) is 4.12. The molecule has 13 heavy (non-hydrogen) atoms. The highest BCUT2D eigenvalue weighted by Gasteiger charge is 2.42. The maximum Gasteiger partial charge on any atom is 0.111 e. The molecule has 0 bridgehead atoms. The van der Waals surface area contributed by atoms with Gasteiger partial charge in [0, 0.05) is 6.54 Å². The second-order valence-corrected chi connectivity index (χ2v) is 3.10. The maximum atomic E-state index is 9.32. The highest BCUT2D eigenvalue weighted by molar-refractivity contribution is 4.92. The van der Waals surface area contributed by atoms with Gasteiger partial charge >= 0.3 is 0 Å². The number of ether oxygens (including phenoxy) is 1. The molecule has 1 heterocycles. The molecule has 78 valence electrons. The Labute approximate surface area is 75.6 Å². The number of hydrogen-bond donors (Lipinski definition) is 5. The highest BCUT2D eigenvalue weighted by atomic mass is 16.5. The Bertz CT molecular complexity index is 147. The summed E-state index contributed by atoms with van der Waals surface area (Å²) in [6, 6.07) is 0. The van der Waals surface area contributed by atoms with Crippen molar-refractivity contribution in [3.8, 4) is 0 Å². The summed E-state index contributed by atoms with van der Waals surface area (Å²) in [5.74, 6) is 0. The van der Waals surface area contributed by atoms with E-state index < -0.39 is 37.1 Å². The van der Waals surface area contributed by atoms with Gasteiger partial charge in [-0.2, -0.15) is 0 Å². The van der Waals surface area contributed by atoms with Gasteiger partial charge < -0.3 is 30.9 Å². The molecular formula is C7H15NO5. The molecule has 5 atom stereocenters. The van der Waals surface area contributed by atoms with Crippen molar-refractivity contribution < 1.29 is 25.2 Å². The summed E-state index contributed by atoms with van der Waals surface area (Å²) >= 11 is 0. The van der Waals surface area contributed by atoms with E-state index in [4.69, 9.17) is 15.6 Å². The number of nitrogens with two attached hydrogens (primary N) is 1. The molecule has 6 N–H and O–H groups in total. The van der Waals surface area contributed by atoms with E-state index in [0.717, 1.165) is 0 Å². The van der Waals surface area contributed by atoms with Crippen LogP contribution in [-0.4, -0.2) is 64.1 Å². The lowest BCUT2D eigenvalue weighted by molar-refractivity contribution is -0.226. The Balaban J connectivity index is 2.66. The molecule has 0 unspecified atom stereocenters. The molecule has 6 nitrogen and oxygen atoms in total. The topological polar surface area (TPSA) is 116 Å². The Morgan fingerprint density at radius 2 is 1.54 bits per heavy atom. The summed E-state index contributed by atoms with van der Waals surface area (Å²) in [6.45, 7) is -0.386. The zero-order valence-corrected chi connectivity index (χ0v) is 7.08. The van der Waals surface area contributed by atoms with Gasteiger partial charge in [-0.1, -0.05) is 0 Å². The van der Waals surface area contributed by atoms with Crippen LogP contribution in [0.15, 0.2) is 0 Å². The van der Waals surface area contributed by atoms with E-state index in [9.17, 15) is 15.3 Å². The van der Waals surface area contributed by atoms with Gasteiger partial charge in [-0.05, 0) is 0 Å². The van der Waals surface area contributed by atoms with Crippen LogP contribution in [0, 0.1) is 0 Å². The summed E-state index contributed by atoms with van der Waals surface area (Å²) in [6.07, 6.45) is -5.42. The fraction of sp³-hybridized carbons (Fsp3) is 1.00. The molecule has 1 rings (SSSR count). The smallest absolute Gasteiger partial charge is 0.111 e. The fourth-order valence-corrected chi connectivity index (χ4v) is 1.37. The van der Waals surface area contributed by atoms with Crippen LogP contribution in [0.2, 0.25) is 0 Å². The molecule has 1 saturated heterocycles. The first-order chi connectivity index (χ1) is 6.11. The van der Waals surface area contributed by atoms with E-state index in [1.54, 1.807) is 0 Å². The lowest BCUT2D eigenvalue weighted by Crippen LogP contribution is -2.60. The largest absolute Gasteiger partial charge is 0.394 e. The quantitative estimate of drug-likeness (QED) is 0.315. The van der Waals surface area contributed by atoms with Crippen LogP contribution in [0.5, 0.6) is 0 Å². The zero-order chi connectivity index (χ0) is 10.0. The lowest BCUT2D eigenvalue weighted by Gasteiger charge is -2.39. The number of hydrogen-bond acceptors (Lipinski definition) is 6. The van der Waals surface area contributed by atoms with Crippen molar-refractivity contribution in [3.05, 3.63) is 0 Å². The third-order valence-electron chi connectivity index (χ3n) is 2.22. The van der Waals surface area contributed by atoms with Gasteiger partial charge in [0.1, 0.15) is 24.4 Å². The fourth-order valence-electron chi connectivity index (χ4n) is 1.37. The van der Waals surface area contributed by atoms with Crippen LogP contribution in [0.1, 0.15) is 0 Å². The maximum absolute atomic E-state index is 9.32. The summed E-state index contributed by atoms with van der Waals surface area (Å²) in [5, 5.41) is 36.7. The van der Waals surface area contributed by atoms with Crippen molar-refractivity contribution in [2.45, 2.75) is 30.5 Å². The number of aliphatic hydroxyl groups is 4. The number of aliphatic hydroxyl groups excluding tert-OH is 4. The predicted molar refractivity (Wildman–Crippen MR) is 42.8 cm³/mol. The van der Waals surface area contributed by atoms with Crippen molar-refractivity contribution in [2.24, 2.45) is 5.73 Å². The van der Waals surface area contributed by atoms with Crippen molar-refractivity contribution >= 4 is 0 Å². The third kappa shape index (κ3) is 1.98. The molecule has 0 aliphatic carbocycles. The van der Waals surface area contributed by atoms with Crippen molar-refractivity contribution in [1.29, 1.82) is 0 Å². The van der Waals surface area contributed by atoms with E-state index in [0.29, 0.717) is 0 Å². The van der Waals surface area contributed by atoms with Gasteiger partial charge in [0.05, 0.1) is 12.7 Å². The van der Waals surface area contributed by atoms with E-state index in [-0.39, 0.29) is 6.54 Å². The molecule has 1 fully saturated rings. The van der Waals surface area contributed by atoms with Gasteiger partial charge in [0.2, 0.25) is 0 Å². The van der Waals surface area contributed by atoms with E-state index in [2.05, 4.69) is 0 Å². The predicted octanol–water partition coefficient (Wildman–Crippen LogP) is -3.21. The Morgan fingerprint density at radius 1 is 1.00 bits per heavy atom. The van der Waals surface area contributed by atoms with Crippen LogP contribution < -0.4 is 5.73 Å². The molecule has 0 amide bonds. The zero-order valence-electron chi connectivity index (χ0n) is 7.08. The Hall–Kier alpha value is -0.240. The van der Waals surface area contributed by atoms with E-state index >= 15 is 0 Å². The molecule has 0 spiro atoms. The van der Waals surface area contributed by atoms with Gasteiger partial charge in [-0.3, -0.25) is 0 Å². The number of rotatable bonds is 2. The van der Waals surface area contributed by atoms with Gasteiger partial charge in [0.25, 0.3) is 0 Å². The molecule has 1 aliphatic heterocycles. The summed E-state index contributed by atoms with van der Waals surface area (Å²) in [5.41, 5.74) is 5.26. The second-order valence-electron chi connectivity index (χ2n) is 3.10. The Morgan fingerprint density at radius 3 is 2.00 bits per heavy atom. The molecular weight excluding hydrogens is 178 g/mol. The molecule has 6 heteroatoms. The van der Waals surface area contributed by atoms with E-state index in [1.807, 2.05) is 0 Å². The van der Waals surface area contributed by atoms with Gasteiger partial charge in [0.15, 0.2) is 0 Å². The van der Waals surface area contributed by atoms with Crippen LogP contribution in [0.3, 0.4) is 0 Å². The summed E-state index contributed by atoms with van der Waals surface area (Å²) < 4.78 is 5.04.